The Kier molecular flexibility index (Phi) is 9.57. The number of amides is 2. The molecule has 1 atom stereocenters. The van der Waals surface area contributed by atoms with Gasteiger partial charge in [-0.25, -0.2) is 4.79 Å². The van der Waals surface area contributed by atoms with Crippen LogP contribution in [0.3, 0.4) is 0 Å². The van der Waals surface area contributed by atoms with Crippen LogP contribution in [0.1, 0.15) is 46.5 Å². The summed E-state index contributed by atoms with van der Waals surface area (Å²) in [5.74, 6) is -0.866. The standard InChI is InChI=1S/C31H30N2O4S2/c1-4-26(39-24-13-9-12-23(18-24)32-28(34)22-16-14-20(3)15-17-22)29(35)33-30-27(31(36)37-5-2)25(19-38-30)21-10-7-6-8-11-21/h6-19,26H,4-5H2,1-3H3,(H,32,34)(H,33,35). The Labute approximate surface area is 236 Å². The Morgan fingerprint density at radius 3 is 2.36 bits per heavy atom. The van der Waals surface area contributed by atoms with Crippen molar-refractivity contribution >= 4 is 51.6 Å². The summed E-state index contributed by atoms with van der Waals surface area (Å²) < 4.78 is 5.31. The molecule has 6 nitrogen and oxygen atoms in total. The van der Waals surface area contributed by atoms with E-state index in [-0.39, 0.29) is 18.4 Å². The maximum absolute atomic E-state index is 13.4. The zero-order chi connectivity index (χ0) is 27.8. The van der Waals surface area contributed by atoms with Crippen molar-refractivity contribution in [3.63, 3.8) is 0 Å². The molecule has 0 aliphatic heterocycles. The molecule has 0 aliphatic carbocycles. The van der Waals surface area contributed by atoms with Crippen molar-refractivity contribution in [2.75, 3.05) is 17.2 Å². The summed E-state index contributed by atoms with van der Waals surface area (Å²) in [4.78, 5) is 39.7. The molecule has 0 saturated carbocycles. The number of hydrogen-bond acceptors (Lipinski definition) is 6. The first kappa shape index (κ1) is 28.1. The van der Waals surface area contributed by atoms with E-state index in [1.54, 1.807) is 19.1 Å². The van der Waals surface area contributed by atoms with Crippen LogP contribution >= 0.6 is 23.1 Å². The van der Waals surface area contributed by atoms with Gasteiger partial charge in [-0.1, -0.05) is 61.0 Å². The molecule has 1 unspecified atom stereocenters. The number of anilines is 2. The lowest BCUT2D eigenvalue weighted by molar-refractivity contribution is -0.115. The molecule has 4 rings (SSSR count). The van der Waals surface area contributed by atoms with Crippen molar-refractivity contribution in [3.05, 3.63) is 101 Å². The number of carbonyl (C=O) groups excluding carboxylic acids is 3. The second-order valence-corrected chi connectivity index (χ2v) is 10.9. The molecular weight excluding hydrogens is 528 g/mol. The van der Waals surface area contributed by atoms with Gasteiger partial charge in [-0.3, -0.25) is 9.59 Å². The number of aryl methyl sites for hydroxylation is 1. The molecule has 2 amide bonds. The Balaban J connectivity index is 1.49. The fourth-order valence-electron chi connectivity index (χ4n) is 3.92. The average molecular weight is 559 g/mol. The van der Waals surface area contributed by atoms with Gasteiger partial charge in [0.1, 0.15) is 10.6 Å². The number of rotatable bonds is 10. The summed E-state index contributed by atoms with van der Waals surface area (Å²) in [6.45, 7) is 5.91. The maximum Gasteiger partial charge on any atom is 0.341 e. The summed E-state index contributed by atoms with van der Waals surface area (Å²) in [6, 6.07) is 24.4. The Morgan fingerprint density at radius 1 is 0.923 bits per heavy atom. The van der Waals surface area contributed by atoms with Gasteiger partial charge in [0.25, 0.3) is 5.91 Å². The molecule has 4 aromatic rings. The van der Waals surface area contributed by atoms with Crippen molar-refractivity contribution in [1.29, 1.82) is 0 Å². The van der Waals surface area contributed by atoms with Crippen LogP contribution in [0, 0.1) is 6.92 Å². The van der Waals surface area contributed by atoms with Crippen LogP contribution in [0.4, 0.5) is 10.7 Å². The molecule has 0 bridgehead atoms. The highest BCUT2D eigenvalue weighted by molar-refractivity contribution is 8.00. The molecule has 3 aromatic carbocycles. The molecule has 1 heterocycles. The second kappa shape index (κ2) is 13.3. The van der Waals surface area contributed by atoms with Crippen LogP contribution in [0.5, 0.6) is 0 Å². The van der Waals surface area contributed by atoms with Gasteiger partial charge in [0.2, 0.25) is 5.91 Å². The molecule has 0 radical (unpaired) electrons. The number of nitrogens with one attached hydrogen (secondary N) is 2. The molecule has 2 N–H and O–H groups in total. The van der Waals surface area contributed by atoms with Gasteiger partial charge in [-0.15, -0.1) is 23.1 Å². The predicted octanol–water partition coefficient (Wildman–Crippen LogP) is 7.66. The van der Waals surface area contributed by atoms with E-state index in [2.05, 4.69) is 10.6 Å². The molecule has 0 fully saturated rings. The number of thioether (sulfide) groups is 1. The molecular formula is C31H30N2O4S2. The number of thiophene rings is 1. The molecule has 39 heavy (non-hydrogen) atoms. The minimum absolute atomic E-state index is 0.194. The fraction of sp³-hybridized carbons (Fsp3) is 0.194. The molecule has 8 heteroatoms. The number of hydrogen-bond donors (Lipinski definition) is 2. The molecule has 0 aliphatic rings. The van der Waals surface area contributed by atoms with Crippen LogP contribution < -0.4 is 10.6 Å². The van der Waals surface area contributed by atoms with Gasteiger partial charge in [0, 0.05) is 27.1 Å². The van der Waals surface area contributed by atoms with E-state index in [9.17, 15) is 14.4 Å². The fourth-order valence-corrected chi connectivity index (χ4v) is 5.89. The SMILES string of the molecule is CCOC(=O)c1c(-c2ccccc2)csc1NC(=O)C(CC)Sc1cccc(NC(=O)c2ccc(C)cc2)c1. The van der Waals surface area contributed by atoms with E-state index in [1.807, 2.05) is 86.0 Å². The van der Waals surface area contributed by atoms with Gasteiger partial charge in [-0.05, 0) is 56.2 Å². The lowest BCUT2D eigenvalue weighted by Gasteiger charge is -2.16. The third kappa shape index (κ3) is 7.16. The van der Waals surface area contributed by atoms with Gasteiger partial charge < -0.3 is 15.4 Å². The van der Waals surface area contributed by atoms with Crippen LogP contribution in [0.2, 0.25) is 0 Å². The van der Waals surface area contributed by atoms with Gasteiger partial charge in [0.15, 0.2) is 0 Å². The summed E-state index contributed by atoms with van der Waals surface area (Å²) in [5, 5.41) is 7.82. The largest absolute Gasteiger partial charge is 0.462 e. The maximum atomic E-state index is 13.4. The van der Waals surface area contributed by atoms with E-state index in [0.29, 0.717) is 28.2 Å². The first-order valence-electron chi connectivity index (χ1n) is 12.7. The van der Waals surface area contributed by atoms with E-state index < -0.39 is 11.2 Å². The van der Waals surface area contributed by atoms with E-state index >= 15 is 0 Å². The first-order chi connectivity index (χ1) is 18.9. The highest BCUT2D eigenvalue weighted by atomic mass is 32.2. The van der Waals surface area contributed by atoms with Crippen LogP contribution in [0.15, 0.2) is 89.1 Å². The Morgan fingerprint density at radius 2 is 1.67 bits per heavy atom. The molecule has 1 aromatic heterocycles. The zero-order valence-corrected chi connectivity index (χ0v) is 23.7. The number of benzene rings is 3. The van der Waals surface area contributed by atoms with E-state index in [0.717, 1.165) is 21.6 Å². The lowest BCUT2D eigenvalue weighted by Crippen LogP contribution is -2.25. The van der Waals surface area contributed by atoms with Gasteiger partial charge >= 0.3 is 5.97 Å². The summed E-state index contributed by atoms with van der Waals surface area (Å²) in [6.07, 6.45) is 0.572. The van der Waals surface area contributed by atoms with Crippen molar-refractivity contribution in [2.24, 2.45) is 0 Å². The van der Waals surface area contributed by atoms with Crippen LogP contribution in [0.25, 0.3) is 11.1 Å². The summed E-state index contributed by atoms with van der Waals surface area (Å²) in [5.41, 5.74) is 4.28. The van der Waals surface area contributed by atoms with Crippen molar-refractivity contribution in [1.82, 2.24) is 0 Å². The zero-order valence-electron chi connectivity index (χ0n) is 22.0. The summed E-state index contributed by atoms with van der Waals surface area (Å²) >= 11 is 2.71. The Hall–Kier alpha value is -3.88. The highest BCUT2D eigenvalue weighted by Gasteiger charge is 2.25. The minimum Gasteiger partial charge on any atom is -0.462 e. The minimum atomic E-state index is -0.467. The smallest absolute Gasteiger partial charge is 0.341 e. The van der Waals surface area contributed by atoms with E-state index in [4.69, 9.17) is 4.74 Å². The first-order valence-corrected chi connectivity index (χ1v) is 14.4. The quantitative estimate of drug-likeness (QED) is 0.154. The second-order valence-electron chi connectivity index (χ2n) is 8.79. The van der Waals surface area contributed by atoms with Gasteiger partial charge in [0.05, 0.1) is 11.9 Å². The number of ether oxygens (including phenoxy) is 1. The predicted molar refractivity (Wildman–Crippen MR) is 160 cm³/mol. The summed E-state index contributed by atoms with van der Waals surface area (Å²) in [7, 11) is 0. The monoisotopic (exact) mass is 558 g/mol. The number of esters is 1. The normalized spacial score (nSPS) is 11.5. The molecule has 200 valence electrons. The van der Waals surface area contributed by atoms with Crippen LogP contribution in [-0.2, 0) is 9.53 Å². The number of carbonyl (C=O) groups is 3. The van der Waals surface area contributed by atoms with Crippen LogP contribution in [-0.4, -0.2) is 29.6 Å². The van der Waals surface area contributed by atoms with E-state index in [1.165, 1.54) is 23.1 Å². The Bertz CT molecular complexity index is 1450. The topological polar surface area (TPSA) is 84.5 Å². The third-order valence-corrected chi connectivity index (χ3v) is 8.19. The van der Waals surface area contributed by atoms with Crippen molar-refractivity contribution in [3.8, 4) is 11.1 Å². The molecule has 0 saturated heterocycles. The third-order valence-electron chi connectivity index (χ3n) is 5.94. The van der Waals surface area contributed by atoms with Crippen molar-refractivity contribution < 1.29 is 19.1 Å². The van der Waals surface area contributed by atoms with Crippen molar-refractivity contribution in [2.45, 2.75) is 37.3 Å². The lowest BCUT2D eigenvalue weighted by atomic mass is 10.0. The van der Waals surface area contributed by atoms with Gasteiger partial charge in [-0.2, -0.15) is 0 Å². The average Bonchev–Trinajstić information content (AvgIpc) is 3.36. The highest BCUT2D eigenvalue weighted by Crippen LogP contribution is 2.37. The molecule has 0 spiro atoms.